The van der Waals surface area contributed by atoms with Crippen LogP contribution in [0, 0.1) is 0 Å². The van der Waals surface area contributed by atoms with Crippen LogP contribution in [0.3, 0.4) is 0 Å². The van der Waals surface area contributed by atoms with E-state index in [2.05, 4.69) is 18.5 Å². The maximum absolute atomic E-state index is 12.0. The molecule has 1 N–H and O–H groups in total. The minimum atomic E-state index is -0.00434. The third kappa shape index (κ3) is 2.09. The van der Waals surface area contributed by atoms with E-state index >= 15 is 0 Å². The van der Waals surface area contributed by atoms with Gasteiger partial charge in [-0.3, -0.25) is 10.1 Å². The molecule has 0 bridgehead atoms. The van der Waals surface area contributed by atoms with Crippen molar-refractivity contribution >= 4 is 17.7 Å². The number of hydrogen-bond acceptors (Lipinski definition) is 3. The average Bonchev–Trinajstić information content (AvgIpc) is 2.81. The van der Waals surface area contributed by atoms with Crippen LogP contribution in [0.15, 0.2) is 0 Å². The third-order valence-electron chi connectivity index (χ3n) is 4.02. The second-order valence-corrected chi connectivity index (χ2v) is 6.40. The molecule has 0 aromatic carbocycles. The van der Waals surface area contributed by atoms with Crippen LogP contribution in [0.4, 0.5) is 0 Å². The summed E-state index contributed by atoms with van der Waals surface area (Å²) < 4.78 is 0.329. The lowest BCUT2D eigenvalue weighted by atomic mass is 10.1. The molecule has 0 spiro atoms. The highest BCUT2D eigenvalue weighted by molar-refractivity contribution is 8.00. The zero-order chi connectivity index (χ0) is 11.8. The van der Waals surface area contributed by atoms with Gasteiger partial charge in [-0.2, -0.15) is 11.8 Å². The topological polar surface area (TPSA) is 32.3 Å². The quantitative estimate of drug-likeness (QED) is 0.819. The highest BCUT2D eigenvalue weighted by Gasteiger charge is 2.41. The Hall–Kier alpha value is -0.220. The van der Waals surface area contributed by atoms with Gasteiger partial charge in [0, 0.05) is 11.3 Å². The van der Waals surface area contributed by atoms with Gasteiger partial charge < -0.3 is 4.90 Å². The average molecular weight is 242 g/mol. The molecule has 1 heterocycles. The van der Waals surface area contributed by atoms with Crippen molar-refractivity contribution in [1.29, 1.82) is 0 Å². The van der Waals surface area contributed by atoms with Crippen molar-refractivity contribution in [3.05, 3.63) is 0 Å². The lowest BCUT2D eigenvalue weighted by Crippen LogP contribution is -2.44. The standard InChI is InChI=1S/C12H22N2OS/c1-9-11(15)14(10(2)13-9)8-12(16-3)6-4-5-7-12/h9-10,13H,4-8H2,1-3H3. The summed E-state index contributed by atoms with van der Waals surface area (Å²) in [6, 6.07) is -0.00434. The molecule has 2 unspecified atom stereocenters. The van der Waals surface area contributed by atoms with Crippen LogP contribution in [0.2, 0.25) is 0 Å². The summed E-state index contributed by atoms with van der Waals surface area (Å²) in [7, 11) is 0. The van der Waals surface area contributed by atoms with E-state index in [4.69, 9.17) is 0 Å². The summed E-state index contributed by atoms with van der Waals surface area (Å²) in [6.07, 6.45) is 7.55. The maximum Gasteiger partial charge on any atom is 0.240 e. The highest BCUT2D eigenvalue weighted by atomic mass is 32.2. The fourth-order valence-corrected chi connectivity index (χ4v) is 3.90. The van der Waals surface area contributed by atoms with Gasteiger partial charge in [0.2, 0.25) is 5.91 Å². The first-order valence-electron chi connectivity index (χ1n) is 6.20. The first kappa shape index (κ1) is 12.2. The van der Waals surface area contributed by atoms with Gasteiger partial charge in [-0.1, -0.05) is 12.8 Å². The largest absolute Gasteiger partial charge is 0.325 e. The van der Waals surface area contributed by atoms with Gasteiger partial charge in [0.25, 0.3) is 0 Å². The van der Waals surface area contributed by atoms with E-state index in [0.717, 1.165) is 6.54 Å². The van der Waals surface area contributed by atoms with Crippen molar-refractivity contribution in [2.75, 3.05) is 12.8 Å². The number of hydrogen-bond donors (Lipinski definition) is 1. The maximum atomic E-state index is 12.0. The van der Waals surface area contributed by atoms with Crippen LogP contribution < -0.4 is 5.32 Å². The predicted molar refractivity (Wildman–Crippen MR) is 68.5 cm³/mol. The zero-order valence-electron chi connectivity index (χ0n) is 10.5. The Morgan fingerprint density at radius 2 is 2.06 bits per heavy atom. The molecule has 0 radical (unpaired) electrons. The van der Waals surface area contributed by atoms with E-state index < -0.39 is 0 Å². The Morgan fingerprint density at radius 3 is 2.50 bits per heavy atom. The molecule has 1 aliphatic carbocycles. The monoisotopic (exact) mass is 242 g/mol. The summed E-state index contributed by atoms with van der Waals surface area (Å²) in [6.45, 7) is 4.97. The Balaban J connectivity index is 2.05. The number of nitrogens with zero attached hydrogens (tertiary/aromatic N) is 1. The fraction of sp³-hybridized carbons (Fsp3) is 0.917. The van der Waals surface area contributed by atoms with Crippen LogP contribution in [-0.4, -0.2) is 40.6 Å². The molecule has 2 fully saturated rings. The number of thioether (sulfide) groups is 1. The number of amides is 1. The molecular weight excluding hydrogens is 220 g/mol. The van der Waals surface area contributed by atoms with Crippen LogP contribution in [0.1, 0.15) is 39.5 Å². The molecule has 16 heavy (non-hydrogen) atoms. The SMILES string of the molecule is CSC1(CN2C(=O)C(C)NC2C)CCCC1. The number of nitrogens with one attached hydrogen (secondary N) is 1. The van der Waals surface area contributed by atoms with Crippen molar-refractivity contribution in [3.8, 4) is 0 Å². The predicted octanol–water partition coefficient (Wildman–Crippen LogP) is 1.83. The highest BCUT2D eigenvalue weighted by Crippen LogP contribution is 2.41. The molecule has 2 aliphatic rings. The number of carbonyl (C=O) groups is 1. The van der Waals surface area contributed by atoms with Crippen molar-refractivity contribution in [2.24, 2.45) is 0 Å². The molecule has 2 atom stereocenters. The van der Waals surface area contributed by atoms with Crippen molar-refractivity contribution < 1.29 is 4.79 Å². The minimum absolute atomic E-state index is 0.00434. The molecule has 3 nitrogen and oxygen atoms in total. The van der Waals surface area contributed by atoms with Crippen LogP contribution in [0.5, 0.6) is 0 Å². The molecule has 4 heteroatoms. The first-order chi connectivity index (χ1) is 7.58. The molecular formula is C12H22N2OS. The summed E-state index contributed by atoms with van der Waals surface area (Å²) in [5, 5.41) is 3.30. The summed E-state index contributed by atoms with van der Waals surface area (Å²) in [5.74, 6) is 0.271. The van der Waals surface area contributed by atoms with E-state index in [1.165, 1.54) is 25.7 Å². The van der Waals surface area contributed by atoms with E-state index in [1.807, 2.05) is 23.6 Å². The number of rotatable bonds is 3. The molecule has 2 rings (SSSR count). The molecule has 1 saturated carbocycles. The summed E-state index contributed by atoms with van der Waals surface area (Å²) in [5.41, 5.74) is 0. The Morgan fingerprint density at radius 1 is 1.44 bits per heavy atom. The van der Waals surface area contributed by atoms with Gasteiger partial charge in [0.15, 0.2) is 0 Å². The fourth-order valence-electron chi connectivity index (χ4n) is 2.93. The third-order valence-corrected chi connectivity index (χ3v) is 5.42. The minimum Gasteiger partial charge on any atom is -0.325 e. The van der Waals surface area contributed by atoms with Crippen LogP contribution in [0.25, 0.3) is 0 Å². The van der Waals surface area contributed by atoms with E-state index in [-0.39, 0.29) is 18.1 Å². The van der Waals surface area contributed by atoms with Gasteiger partial charge in [-0.25, -0.2) is 0 Å². The molecule has 1 aliphatic heterocycles. The lowest BCUT2D eigenvalue weighted by Gasteiger charge is -2.33. The molecule has 0 aromatic heterocycles. The van der Waals surface area contributed by atoms with E-state index in [0.29, 0.717) is 4.75 Å². The Kier molecular flexibility index (Phi) is 3.50. The van der Waals surface area contributed by atoms with Gasteiger partial charge in [-0.15, -0.1) is 0 Å². The second kappa shape index (κ2) is 4.57. The van der Waals surface area contributed by atoms with E-state index in [1.54, 1.807) is 0 Å². The van der Waals surface area contributed by atoms with Crippen LogP contribution in [-0.2, 0) is 4.79 Å². The number of carbonyl (C=O) groups excluding carboxylic acids is 1. The molecule has 1 amide bonds. The summed E-state index contributed by atoms with van der Waals surface area (Å²) in [4.78, 5) is 14.1. The van der Waals surface area contributed by atoms with Gasteiger partial charge in [0.05, 0.1) is 12.2 Å². The Bertz CT molecular complexity index is 276. The second-order valence-electron chi connectivity index (χ2n) is 5.12. The van der Waals surface area contributed by atoms with Crippen molar-refractivity contribution in [3.63, 3.8) is 0 Å². The van der Waals surface area contributed by atoms with Gasteiger partial charge in [-0.05, 0) is 32.9 Å². The summed E-state index contributed by atoms with van der Waals surface area (Å²) >= 11 is 1.95. The first-order valence-corrected chi connectivity index (χ1v) is 7.42. The molecule has 92 valence electrons. The Labute approximate surface area is 102 Å². The smallest absolute Gasteiger partial charge is 0.240 e. The zero-order valence-corrected chi connectivity index (χ0v) is 11.3. The van der Waals surface area contributed by atoms with Gasteiger partial charge in [0.1, 0.15) is 0 Å². The molecule has 1 saturated heterocycles. The van der Waals surface area contributed by atoms with Crippen LogP contribution >= 0.6 is 11.8 Å². The normalized spacial score (nSPS) is 33.7. The lowest BCUT2D eigenvalue weighted by molar-refractivity contribution is -0.129. The van der Waals surface area contributed by atoms with E-state index in [9.17, 15) is 4.79 Å². The molecule has 0 aromatic rings. The van der Waals surface area contributed by atoms with Crippen molar-refractivity contribution in [1.82, 2.24) is 10.2 Å². The van der Waals surface area contributed by atoms with Gasteiger partial charge >= 0.3 is 0 Å². The van der Waals surface area contributed by atoms with Crippen molar-refractivity contribution in [2.45, 2.75) is 56.5 Å².